The van der Waals surface area contributed by atoms with Crippen molar-refractivity contribution in [2.75, 3.05) is 19.6 Å². The molecule has 0 unspecified atom stereocenters. The fraction of sp³-hybridized carbons (Fsp3) is 1.00. The third kappa shape index (κ3) is 3.69. The molecule has 1 saturated carbocycles. The van der Waals surface area contributed by atoms with Crippen LogP contribution < -0.4 is 5.32 Å². The fourth-order valence-corrected chi connectivity index (χ4v) is 3.68. The van der Waals surface area contributed by atoms with Crippen molar-refractivity contribution in [2.24, 2.45) is 5.92 Å². The van der Waals surface area contributed by atoms with Gasteiger partial charge in [-0.1, -0.05) is 20.3 Å². The van der Waals surface area contributed by atoms with E-state index >= 15 is 0 Å². The fourth-order valence-electron chi connectivity index (χ4n) is 3.68. The lowest BCUT2D eigenvalue weighted by atomic mass is 9.83. The Kier molecular flexibility index (Phi) is 5.30. The molecule has 1 N–H and O–H groups in total. The Hall–Kier alpha value is -0.0800. The van der Waals surface area contributed by atoms with Gasteiger partial charge in [0.05, 0.1) is 0 Å². The van der Waals surface area contributed by atoms with E-state index in [9.17, 15) is 0 Å². The molecular weight excluding hydrogens is 208 g/mol. The molecule has 2 nitrogen and oxygen atoms in total. The van der Waals surface area contributed by atoms with Crippen LogP contribution in [0.5, 0.6) is 0 Å². The van der Waals surface area contributed by atoms with Crippen LogP contribution in [0.25, 0.3) is 0 Å². The molecule has 2 heteroatoms. The molecule has 0 amide bonds. The highest BCUT2D eigenvalue weighted by molar-refractivity contribution is 4.84. The van der Waals surface area contributed by atoms with Gasteiger partial charge >= 0.3 is 0 Å². The molecule has 1 heterocycles. The van der Waals surface area contributed by atoms with Gasteiger partial charge in [-0.05, 0) is 64.1 Å². The highest BCUT2D eigenvalue weighted by atomic mass is 15.2. The van der Waals surface area contributed by atoms with Gasteiger partial charge in [0.2, 0.25) is 0 Å². The first kappa shape index (κ1) is 13.4. The maximum absolute atomic E-state index is 3.60. The van der Waals surface area contributed by atoms with Crippen LogP contribution in [0.4, 0.5) is 0 Å². The van der Waals surface area contributed by atoms with Gasteiger partial charge < -0.3 is 10.2 Å². The average Bonchev–Trinajstić information content (AvgIpc) is 2.40. The predicted molar refractivity (Wildman–Crippen MR) is 74.3 cm³/mol. The molecule has 0 aromatic rings. The minimum atomic E-state index is 0.795. The molecule has 100 valence electrons. The molecule has 0 bridgehead atoms. The van der Waals surface area contributed by atoms with Gasteiger partial charge in [-0.3, -0.25) is 0 Å². The summed E-state index contributed by atoms with van der Waals surface area (Å²) in [7, 11) is 0. The molecule has 0 aromatic carbocycles. The van der Waals surface area contributed by atoms with E-state index < -0.39 is 0 Å². The predicted octanol–water partition coefficient (Wildman–Crippen LogP) is 3.03. The molecule has 1 aliphatic heterocycles. The number of nitrogens with one attached hydrogen (secondary N) is 1. The van der Waals surface area contributed by atoms with Crippen LogP contribution >= 0.6 is 0 Å². The van der Waals surface area contributed by atoms with E-state index in [0.717, 1.165) is 24.5 Å². The zero-order valence-corrected chi connectivity index (χ0v) is 11.8. The quantitative estimate of drug-likeness (QED) is 0.810. The maximum Gasteiger partial charge on any atom is 0.00954 e. The normalized spacial score (nSPS) is 32.8. The van der Waals surface area contributed by atoms with Crippen LogP contribution in [0.1, 0.15) is 58.8 Å². The summed E-state index contributed by atoms with van der Waals surface area (Å²) < 4.78 is 0. The van der Waals surface area contributed by atoms with Gasteiger partial charge in [-0.15, -0.1) is 0 Å². The summed E-state index contributed by atoms with van der Waals surface area (Å²) in [6.45, 7) is 8.37. The van der Waals surface area contributed by atoms with Gasteiger partial charge in [0, 0.05) is 12.1 Å². The minimum Gasteiger partial charge on any atom is -0.314 e. The van der Waals surface area contributed by atoms with Crippen molar-refractivity contribution in [3.8, 4) is 0 Å². The number of rotatable bonds is 4. The standard InChI is InChI=1S/C15H30N2/c1-3-13-5-7-15(8-6-13)17-11-9-14(10-12-17)16-4-2/h13-16H,3-12H2,1-2H3. The Morgan fingerprint density at radius 2 is 1.59 bits per heavy atom. The lowest BCUT2D eigenvalue weighted by Gasteiger charge is -2.41. The summed E-state index contributed by atoms with van der Waals surface area (Å²) in [6, 6.07) is 1.71. The average molecular weight is 238 g/mol. The number of hydrogen-bond donors (Lipinski definition) is 1. The smallest absolute Gasteiger partial charge is 0.00954 e. The van der Waals surface area contributed by atoms with E-state index in [-0.39, 0.29) is 0 Å². The van der Waals surface area contributed by atoms with E-state index in [1.807, 2.05) is 0 Å². The number of hydrogen-bond acceptors (Lipinski definition) is 2. The molecule has 2 rings (SSSR count). The molecule has 2 fully saturated rings. The van der Waals surface area contributed by atoms with Crippen molar-refractivity contribution in [1.29, 1.82) is 0 Å². The Balaban J connectivity index is 1.70. The van der Waals surface area contributed by atoms with Crippen LogP contribution in [-0.4, -0.2) is 36.6 Å². The monoisotopic (exact) mass is 238 g/mol. The molecule has 0 atom stereocenters. The van der Waals surface area contributed by atoms with Crippen LogP contribution in [0, 0.1) is 5.92 Å². The van der Waals surface area contributed by atoms with E-state index in [4.69, 9.17) is 0 Å². The summed E-state index contributed by atoms with van der Waals surface area (Å²) in [4.78, 5) is 2.78. The highest BCUT2D eigenvalue weighted by Crippen LogP contribution is 2.30. The van der Waals surface area contributed by atoms with Crippen molar-refractivity contribution in [3.05, 3.63) is 0 Å². The van der Waals surface area contributed by atoms with Gasteiger partial charge in [-0.2, -0.15) is 0 Å². The Bertz CT molecular complexity index is 201. The van der Waals surface area contributed by atoms with Crippen LogP contribution in [0.2, 0.25) is 0 Å². The second-order valence-electron chi connectivity index (χ2n) is 5.95. The molecule has 0 spiro atoms. The van der Waals surface area contributed by atoms with Crippen LogP contribution in [0.3, 0.4) is 0 Å². The van der Waals surface area contributed by atoms with Gasteiger partial charge in [0.25, 0.3) is 0 Å². The first-order chi connectivity index (χ1) is 8.33. The topological polar surface area (TPSA) is 15.3 Å². The first-order valence-corrected chi connectivity index (χ1v) is 7.80. The highest BCUT2D eigenvalue weighted by Gasteiger charge is 2.27. The third-order valence-electron chi connectivity index (χ3n) is 4.93. The molecular formula is C15H30N2. The van der Waals surface area contributed by atoms with E-state index in [1.165, 1.54) is 58.0 Å². The van der Waals surface area contributed by atoms with Gasteiger partial charge in [-0.25, -0.2) is 0 Å². The zero-order valence-electron chi connectivity index (χ0n) is 11.8. The lowest BCUT2D eigenvalue weighted by molar-refractivity contribution is 0.102. The van der Waals surface area contributed by atoms with Crippen LogP contribution in [0.15, 0.2) is 0 Å². The largest absolute Gasteiger partial charge is 0.314 e. The third-order valence-corrected chi connectivity index (χ3v) is 4.93. The maximum atomic E-state index is 3.60. The molecule has 2 aliphatic rings. The number of piperidine rings is 1. The second-order valence-corrected chi connectivity index (χ2v) is 5.95. The van der Waals surface area contributed by atoms with Crippen LogP contribution in [-0.2, 0) is 0 Å². The van der Waals surface area contributed by atoms with E-state index in [2.05, 4.69) is 24.1 Å². The molecule has 1 saturated heterocycles. The van der Waals surface area contributed by atoms with Crippen molar-refractivity contribution in [3.63, 3.8) is 0 Å². The summed E-state index contributed by atoms with van der Waals surface area (Å²) in [5.74, 6) is 1.03. The summed E-state index contributed by atoms with van der Waals surface area (Å²) in [6.07, 6.45) is 10.0. The molecule has 0 aromatic heterocycles. The summed E-state index contributed by atoms with van der Waals surface area (Å²) in [5, 5.41) is 3.60. The Morgan fingerprint density at radius 1 is 0.941 bits per heavy atom. The second kappa shape index (κ2) is 6.75. The van der Waals surface area contributed by atoms with Crippen molar-refractivity contribution in [2.45, 2.75) is 70.9 Å². The Labute approximate surface area is 107 Å². The van der Waals surface area contributed by atoms with E-state index in [0.29, 0.717) is 0 Å². The zero-order chi connectivity index (χ0) is 12.1. The Morgan fingerprint density at radius 3 is 2.12 bits per heavy atom. The SMILES string of the molecule is CCNC1CCN(C2CCC(CC)CC2)CC1. The molecule has 1 aliphatic carbocycles. The first-order valence-electron chi connectivity index (χ1n) is 7.80. The van der Waals surface area contributed by atoms with E-state index in [1.54, 1.807) is 0 Å². The summed E-state index contributed by atoms with van der Waals surface area (Å²) in [5.41, 5.74) is 0. The van der Waals surface area contributed by atoms with Gasteiger partial charge in [0.1, 0.15) is 0 Å². The molecule has 0 radical (unpaired) electrons. The van der Waals surface area contributed by atoms with Crippen molar-refractivity contribution >= 4 is 0 Å². The number of likely N-dealkylation sites (tertiary alicyclic amines) is 1. The molecule has 17 heavy (non-hydrogen) atoms. The minimum absolute atomic E-state index is 0.795. The summed E-state index contributed by atoms with van der Waals surface area (Å²) >= 11 is 0. The lowest BCUT2D eigenvalue weighted by Crippen LogP contribution is -2.47. The number of nitrogens with zero attached hydrogens (tertiary/aromatic N) is 1. The van der Waals surface area contributed by atoms with Crippen molar-refractivity contribution < 1.29 is 0 Å². The van der Waals surface area contributed by atoms with Crippen molar-refractivity contribution in [1.82, 2.24) is 10.2 Å². The van der Waals surface area contributed by atoms with Gasteiger partial charge in [0.15, 0.2) is 0 Å².